The minimum absolute atomic E-state index is 0.214. The standard InChI is InChI=1S/C19H28N4O2/c1-3-16(4-2)18(23-9-11-25-12-10-23)14-21-19(24)22-17-7-5-15(13-20)6-8-17/h5-8,16,18H,3-4,9-12,14H2,1-2H3,(H2,21,22,24). The first-order chi connectivity index (χ1) is 12.2. The molecule has 0 saturated carbocycles. The van der Waals surface area contributed by atoms with E-state index in [9.17, 15) is 4.79 Å². The van der Waals surface area contributed by atoms with Crippen LogP contribution in [0.2, 0.25) is 0 Å². The van der Waals surface area contributed by atoms with Crippen LogP contribution in [0.4, 0.5) is 10.5 Å². The van der Waals surface area contributed by atoms with Gasteiger partial charge in [0, 0.05) is 31.4 Å². The maximum atomic E-state index is 12.2. The third-order valence-electron chi connectivity index (χ3n) is 4.85. The third-order valence-corrected chi connectivity index (χ3v) is 4.85. The molecule has 1 aromatic carbocycles. The monoisotopic (exact) mass is 344 g/mol. The van der Waals surface area contributed by atoms with Crippen LogP contribution in [-0.2, 0) is 4.74 Å². The van der Waals surface area contributed by atoms with Crippen LogP contribution < -0.4 is 10.6 Å². The summed E-state index contributed by atoms with van der Waals surface area (Å²) in [5, 5.41) is 14.6. The number of benzene rings is 1. The first kappa shape index (κ1) is 19.2. The summed E-state index contributed by atoms with van der Waals surface area (Å²) in [7, 11) is 0. The van der Waals surface area contributed by atoms with Crippen LogP contribution in [0.25, 0.3) is 0 Å². The number of nitrogens with zero attached hydrogens (tertiary/aromatic N) is 2. The van der Waals surface area contributed by atoms with Crippen LogP contribution >= 0.6 is 0 Å². The van der Waals surface area contributed by atoms with Crippen molar-refractivity contribution < 1.29 is 9.53 Å². The van der Waals surface area contributed by atoms with E-state index in [1.807, 2.05) is 0 Å². The molecule has 1 aromatic rings. The highest BCUT2D eigenvalue weighted by Crippen LogP contribution is 2.19. The van der Waals surface area contributed by atoms with Crippen molar-refractivity contribution in [2.75, 3.05) is 38.2 Å². The van der Waals surface area contributed by atoms with Gasteiger partial charge < -0.3 is 15.4 Å². The van der Waals surface area contributed by atoms with Gasteiger partial charge in [0.2, 0.25) is 0 Å². The molecule has 1 heterocycles. The number of anilines is 1. The van der Waals surface area contributed by atoms with E-state index in [1.54, 1.807) is 24.3 Å². The Morgan fingerprint density at radius 1 is 1.24 bits per heavy atom. The summed E-state index contributed by atoms with van der Waals surface area (Å²) in [5.41, 5.74) is 1.26. The van der Waals surface area contributed by atoms with Gasteiger partial charge >= 0.3 is 6.03 Å². The molecule has 2 N–H and O–H groups in total. The van der Waals surface area contributed by atoms with E-state index in [1.165, 1.54) is 0 Å². The summed E-state index contributed by atoms with van der Waals surface area (Å²) in [6.45, 7) is 8.38. The number of hydrogen-bond acceptors (Lipinski definition) is 4. The number of ether oxygens (including phenoxy) is 1. The van der Waals surface area contributed by atoms with Gasteiger partial charge in [0.15, 0.2) is 0 Å². The van der Waals surface area contributed by atoms with E-state index in [2.05, 4.69) is 35.5 Å². The van der Waals surface area contributed by atoms with Crippen molar-refractivity contribution in [3.05, 3.63) is 29.8 Å². The molecule has 6 heteroatoms. The number of rotatable bonds is 7. The van der Waals surface area contributed by atoms with Crippen molar-refractivity contribution in [2.24, 2.45) is 5.92 Å². The van der Waals surface area contributed by atoms with Gasteiger partial charge in [-0.25, -0.2) is 4.79 Å². The Labute approximate surface area is 150 Å². The normalized spacial score (nSPS) is 16.2. The van der Waals surface area contributed by atoms with E-state index >= 15 is 0 Å². The Morgan fingerprint density at radius 2 is 1.88 bits per heavy atom. The minimum Gasteiger partial charge on any atom is -0.379 e. The summed E-state index contributed by atoms with van der Waals surface area (Å²) in [4.78, 5) is 14.7. The van der Waals surface area contributed by atoms with Gasteiger partial charge in [0.25, 0.3) is 0 Å². The first-order valence-corrected chi connectivity index (χ1v) is 9.04. The van der Waals surface area contributed by atoms with Gasteiger partial charge in [-0.15, -0.1) is 0 Å². The molecule has 2 amide bonds. The zero-order valence-electron chi connectivity index (χ0n) is 15.1. The van der Waals surface area contributed by atoms with Crippen molar-refractivity contribution in [1.29, 1.82) is 5.26 Å². The van der Waals surface area contributed by atoms with Crippen molar-refractivity contribution in [2.45, 2.75) is 32.7 Å². The van der Waals surface area contributed by atoms with Gasteiger partial charge in [-0.3, -0.25) is 4.90 Å². The molecule has 0 radical (unpaired) electrons. The highest BCUT2D eigenvalue weighted by molar-refractivity contribution is 5.89. The molecule has 1 aliphatic rings. The van der Waals surface area contributed by atoms with Crippen LogP contribution in [0.15, 0.2) is 24.3 Å². The largest absolute Gasteiger partial charge is 0.379 e. The van der Waals surface area contributed by atoms with Crippen molar-refractivity contribution in [3.8, 4) is 6.07 Å². The zero-order valence-corrected chi connectivity index (χ0v) is 15.1. The Bertz CT molecular complexity index is 572. The molecule has 0 aromatic heterocycles. The van der Waals surface area contributed by atoms with Gasteiger partial charge in [0.1, 0.15) is 0 Å². The lowest BCUT2D eigenvalue weighted by molar-refractivity contribution is 0.00247. The number of hydrogen-bond donors (Lipinski definition) is 2. The Balaban J connectivity index is 1.91. The quantitative estimate of drug-likeness (QED) is 0.797. The highest BCUT2D eigenvalue weighted by Gasteiger charge is 2.27. The topological polar surface area (TPSA) is 77.4 Å². The van der Waals surface area contributed by atoms with E-state index in [0.717, 1.165) is 39.1 Å². The number of carbonyl (C=O) groups is 1. The predicted molar refractivity (Wildman–Crippen MR) is 98.4 cm³/mol. The van der Waals surface area contributed by atoms with E-state index in [0.29, 0.717) is 29.8 Å². The van der Waals surface area contributed by atoms with Gasteiger partial charge in [-0.2, -0.15) is 5.26 Å². The zero-order chi connectivity index (χ0) is 18.1. The highest BCUT2D eigenvalue weighted by atomic mass is 16.5. The molecular weight excluding hydrogens is 316 g/mol. The van der Waals surface area contributed by atoms with E-state index in [4.69, 9.17) is 10.00 Å². The molecule has 136 valence electrons. The summed E-state index contributed by atoms with van der Waals surface area (Å²) >= 11 is 0. The van der Waals surface area contributed by atoms with Crippen molar-refractivity contribution in [1.82, 2.24) is 10.2 Å². The van der Waals surface area contributed by atoms with Gasteiger partial charge in [0.05, 0.1) is 24.8 Å². The van der Waals surface area contributed by atoms with Crippen LogP contribution in [0.1, 0.15) is 32.3 Å². The predicted octanol–water partition coefficient (Wildman–Crippen LogP) is 2.82. The Kier molecular flexibility index (Phi) is 7.71. The van der Waals surface area contributed by atoms with Crippen LogP contribution in [0.3, 0.4) is 0 Å². The average Bonchev–Trinajstić information content (AvgIpc) is 2.66. The summed E-state index contributed by atoms with van der Waals surface area (Å²) < 4.78 is 5.46. The minimum atomic E-state index is -0.214. The molecule has 1 saturated heterocycles. The molecule has 0 aliphatic carbocycles. The number of nitriles is 1. The second-order valence-corrected chi connectivity index (χ2v) is 6.32. The summed E-state index contributed by atoms with van der Waals surface area (Å²) in [5.74, 6) is 0.549. The maximum Gasteiger partial charge on any atom is 0.319 e. The lowest BCUT2D eigenvalue weighted by Gasteiger charge is -2.38. The molecule has 1 fully saturated rings. The fourth-order valence-corrected chi connectivity index (χ4v) is 3.34. The van der Waals surface area contributed by atoms with E-state index < -0.39 is 0 Å². The van der Waals surface area contributed by atoms with Crippen LogP contribution in [0, 0.1) is 17.2 Å². The van der Waals surface area contributed by atoms with Crippen molar-refractivity contribution in [3.63, 3.8) is 0 Å². The molecule has 1 unspecified atom stereocenters. The molecule has 0 spiro atoms. The number of carbonyl (C=O) groups excluding carboxylic acids is 1. The first-order valence-electron chi connectivity index (χ1n) is 9.04. The molecule has 1 atom stereocenters. The fraction of sp³-hybridized carbons (Fsp3) is 0.579. The second-order valence-electron chi connectivity index (χ2n) is 6.32. The fourth-order valence-electron chi connectivity index (χ4n) is 3.34. The van der Waals surface area contributed by atoms with Crippen LogP contribution in [-0.4, -0.2) is 49.8 Å². The van der Waals surface area contributed by atoms with E-state index in [-0.39, 0.29) is 6.03 Å². The Morgan fingerprint density at radius 3 is 2.44 bits per heavy atom. The molecule has 25 heavy (non-hydrogen) atoms. The lowest BCUT2D eigenvalue weighted by Crippen LogP contribution is -2.52. The average molecular weight is 344 g/mol. The van der Waals surface area contributed by atoms with Gasteiger partial charge in [-0.05, 0) is 30.2 Å². The third kappa shape index (κ3) is 5.73. The summed E-state index contributed by atoms with van der Waals surface area (Å²) in [6, 6.07) is 9.03. The smallest absolute Gasteiger partial charge is 0.319 e. The SMILES string of the molecule is CCC(CC)C(CNC(=O)Nc1ccc(C#N)cc1)N1CCOCC1. The molecular formula is C19H28N4O2. The molecule has 1 aliphatic heterocycles. The lowest BCUT2D eigenvalue weighted by atomic mass is 9.92. The van der Waals surface area contributed by atoms with Crippen molar-refractivity contribution >= 4 is 11.7 Å². The summed E-state index contributed by atoms with van der Waals surface area (Å²) in [6.07, 6.45) is 2.19. The molecule has 2 rings (SSSR count). The second kappa shape index (κ2) is 10.0. The van der Waals surface area contributed by atoms with Crippen LogP contribution in [0.5, 0.6) is 0 Å². The Hall–Kier alpha value is -2.10. The number of urea groups is 1. The molecule has 0 bridgehead atoms. The molecule has 6 nitrogen and oxygen atoms in total. The maximum absolute atomic E-state index is 12.2. The number of amides is 2. The number of morpholine rings is 1. The number of nitrogens with one attached hydrogen (secondary N) is 2. The van der Waals surface area contributed by atoms with Gasteiger partial charge in [-0.1, -0.05) is 26.7 Å².